The first-order chi connectivity index (χ1) is 9.66. The predicted octanol–water partition coefficient (Wildman–Crippen LogP) is 2.67. The van der Waals surface area contributed by atoms with E-state index >= 15 is 0 Å². The fourth-order valence-electron chi connectivity index (χ4n) is 1.74. The van der Waals surface area contributed by atoms with E-state index in [0.29, 0.717) is 30.5 Å². The van der Waals surface area contributed by atoms with Gasteiger partial charge < -0.3 is 15.8 Å². The highest BCUT2D eigenvalue weighted by Gasteiger charge is 2.03. The second kappa shape index (κ2) is 6.75. The van der Waals surface area contributed by atoms with Crippen LogP contribution in [0.1, 0.15) is 25.5 Å². The molecule has 0 aliphatic rings. The van der Waals surface area contributed by atoms with Crippen LogP contribution in [0.5, 0.6) is 5.75 Å². The highest BCUT2D eigenvalue weighted by Crippen LogP contribution is 2.19. The molecule has 3 N–H and O–H groups in total. The van der Waals surface area contributed by atoms with Crippen molar-refractivity contribution in [3.63, 3.8) is 0 Å². The van der Waals surface area contributed by atoms with Crippen LogP contribution in [0.2, 0.25) is 0 Å². The molecule has 0 spiro atoms. The van der Waals surface area contributed by atoms with Crippen molar-refractivity contribution in [1.82, 2.24) is 9.97 Å². The number of nitrogen functional groups attached to an aromatic ring is 1. The van der Waals surface area contributed by atoms with E-state index in [9.17, 15) is 0 Å². The number of ether oxygens (including phenoxy) is 1. The van der Waals surface area contributed by atoms with Crippen LogP contribution in [-0.4, -0.2) is 23.1 Å². The van der Waals surface area contributed by atoms with Crippen molar-refractivity contribution in [3.8, 4) is 5.75 Å². The Bertz CT molecular complexity index is 557. The molecule has 2 rings (SSSR count). The van der Waals surface area contributed by atoms with Crippen molar-refractivity contribution < 1.29 is 4.74 Å². The first-order valence-electron chi connectivity index (χ1n) is 6.70. The molecule has 0 saturated heterocycles. The number of aromatic nitrogens is 2. The van der Waals surface area contributed by atoms with E-state index in [0.717, 1.165) is 11.5 Å². The van der Waals surface area contributed by atoms with E-state index in [-0.39, 0.29) is 0 Å². The van der Waals surface area contributed by atoms with Gasteiger partial charge in [-0.25, -0.2) is 9.97 Å². The quantitative estimate of drug-likeness (QED) is 0.624. The molecule has 0 amide bonds. The molecule has 0 aliphatic heterocycles. The Morgan fingerprint density at radius 1 is 1.25 bits per heavy atom. The molecule has 0 radical (unpaired) electrons. The summed E-state index contributed by atoms with van der Waals surface area (Å²) in [6, 6.07) is 9.42. The highest BCUT2D eigenvalue weighted by atomic mass is 16.5. The molecule has 0 unspecified atom stereocenters. The van der Waals surface area contributed by atoms with Crippen molar-refractivity contribution in [1.29, 1.82) is 0 Å². The van der Waals surface area contributed by atoms with Crippen molar-refractivity contribution in [3.05, 3.63) is 42.4 Å². The van der Waals surface area contributed by atoms with Gasteiger partial charge in [0.2, 0.25) is 0 Å². The van der Waals surface area contributed by atoms with Gasteiger partial charge in [-0.2, -0.15) is 0 Å². The topological polar surface area (TPSA) is 73.1 Å². The van der Waals surface area contributed by atoms with Gasteiger partial charge in [-0.1, -0.05) is 26.0 Å². The van der Waals surface area contributed by atoms with E-state index in [1.165, 1.54) is 0 Å². The summed E-state index contributed by atoms with van der Waals surface area (Å²) in [5, 5.41) is 3.21. The summed E-state index contributed by atoms with van der Waals surface area (Å²) in [6.07, 6.45) is 1.58. The summed E-state index contributed by atoms with van der Waals surface area (Å²) in [6.45, 7) is 5.39. The Kier molecular flexibility index (Phi) is 4.76. The van der Waals surface area contributed by atoms with Gasteiger partial charge in [0.15, 0.2) is 0 Å². The average molecular weight is 272 g/mol. The first-order valence-corrected chi connectivity index (χ1v) is 6.70. The van der Waals surface area contributed by atoms with Crippen LogP contribution >= 0.6 is 0 Å². The standard InChI is InChI=1S/C15H20N4O/c1-11(2)13-9-15(19-10-18-13)17-7-8-20-14-6-4-3-5-12(14)16/h3-6,9-11H,7-8,16H2,1-2H3,(H,17,18,19). The Hall–Kier alpha value is -2.30. The minimum absolute atomic E-state index is 0.388. The number of nitrogens with one attached hydrogen (secondary N) is 1. The van der Waals surface area contributed by atoms with Crippen molar-refractivity contribution in [2.45, 2.75) is 19.8 Å². The maximum Gasteiger partial charge on any atom is 0.142 e. The molecular weight excluding hydrogens is 252 g/mol. The number of rotatable bonds is 6. The largest absolute Gasteiger partial charge is 0.490 e. The van der Waals surface area contributed by atoms with E-state index in [1.54, 1.807) is 6.33 Å². The molecule has 20 heavy (non-hydrogen) atoms. The Balaban J connectivity index is 1.82. The maximum atomic E-state index is 5.80. The Morgan fingerprint density at radius 2 is 2.05 bits per heavy atom. The van der Waals surface area contributed by atoms with Gasteiger partial charge in [0, 0.05) is 11.8 Å². The van der Waals surface area contributed by atoms with E-state index in [2.05, 4.69) is 29.1 Å². The molecule has 0 bridgehead atoms. The molecule has 2 aromatic rings. The minimum Gasteiger partial charge on any atom is -0.490 e. The van der Waals surface area contributed by atoms with E-state index < -0.39 is 0 Å². The van der Waals surface area contributed by atoms with Gasteiger partial charge >= 0.3 is 0 Å². The van der Waals surface area contributed by atoms with Crippen LogP contribution in [0.3, 0.4) is 0 Å². The highest BCUT2D eigenvalue weighted by molar-refractivity contribution is 5.51. The average Bonchev–Trinajstić information content (AvgIpc) is 2.45. The molecule has 1 heterocycles. The molecule has 0 aliphatic carbocycles. The van der Waals surface area contributed by atoms with Crippen LogP contribution in [-0.2, 0) is 0 Å². The second-order valence-electron chi connectivity index (χ2n) is 4.80. The number of anilines is 2. The van der Waals surface area contributed by atoms with Gasteiger partial charge in [0.1, 0.15) is 24.5 Å². The Labute approximate surface area is 119 Å². The molecule has 0 fully saturated rings. The number of nitrogens with two attached hydrogens (primary N) is 1. The number of para-hydroxylation sites is 2. The zero-order chi connectivity index (χ0) is 14.4. The van der Waals surface area contributed by atoms with Gasteiger partial charge in [0.25, 0.3) is 0 Å². The van der Waals surface area contributed by atoms with Crippen LogP contribution < -0.4 is 15.8 Å². The minimum atomic E-state index is 0.388. The zero-order valence-corrected chi connectivity index (χ0v) is 11.8. The monoisotopic (exact) mass is 272 g/mol. The van der Waals surface area contributed by atoms with E-state index in [4.69, 9.17) is 10.5 Å². The number of benzene rings is 1. The lowest BCUT2D eigenvalue weighted by atomic mass is 10.1. The fraction of sp³-hybridized carbons (Fsp3) is 0.333. The molecule has 5 nitrogen and oxygen atoms in total. The molecule has 5 heteroatoms. The lowest BCUT2D eigenvalue weighted by Gasteiger charge is -2.10. The lowest BCUT2D eigenvalue weighted by molar-refractivity contribution is 0.334. The zero-order valence-electron chi connectivity index (χ0n) is 11.8. The molecule has 0 saturated carbocycles. The normalized spacial score (nSPS) is 10.6. The van der Waals surface area contributed by atoms with Crippen molar-refractivity contribution in [2.75, 3.05) is 24.2 Å². The maximum absolute atomic E-state index is 5.80. The van der Waals surface area contributed by atoms with Crippen molar-refractivity contribution in [2.24, 2.45) is 0 Å². The molecule has 1 aromatic heterocycles. The molecule has 1 aromatic carbocycles. The summed E-state index contributed by atoms with van der Waals surface area (Å²) in [5.74, 6) is 1.91. The summed E-state index contributed by atoms with van der Waals surface area (Å²) in [7, 11) is 0. The van der Waals surface area contributed by atoms with Crippen LogP contribution in [0.15, 0.2) is 36.7 Å². The summed E-state index contributed by atoms with van der Waals surface area (Å²) >= 11 is 0. The van der Waals surface area contributed by atoms with E-state index in [1.807, 2.05) is 30.3 Å². The smallest absolute Gasteiger partial charge is 0.142 e. The SMILES string of the molecule is CC(C)c1cc(NCCOc2ccccc2N)ncn1. The predicted molar refractivity (Wildman–Crippen MR) is 81.0 cm³/mol. The third-order valence-corrected chi connectivity index (χ3v) is 2.86. The molecule has 0 atom stereocenters. The second-order valence-corrected chi connectivity index (χ2v) is 4.80. The van der Waals surface area contributed by atoms with Crippen molar-refractivity contribution >= 4 is 11.5 Å². The first kappa shape index (κ1) is 14.1. The van der Waals surface area contributed by atoms with Gasteiger partial charge in [0.05, 0.1) is 12.2 Å². The summed E-state index contributed by atoms with van der Waals surface area (Å²) in [5.41, 5.74) is 7.47. The van der Waals surface area contributed by atoms with Gasteiger partial charge in [-0.05, 0) is 18.1 Å². The lowest BCUT2D eigenvalue weighted by Crippen LogP contribution is -2.13. The third-order valence-electron chi connectivity index (χ3n) is 2.86. The van der Waals surface area contributed by atoms with Gasteiger partial charge in [-0.15, -0.1) is 0 Å². The number of hydrogen-bond acceptors (Lipinski definition) is 5. The third kappa shape index (κ3) is 3.85. The van der Waals surface area contributed by atoms with Crippen LogP contribution in [0, 0.1) is 0 Å². The Morgan fingerprint density at radius 3 is 2.80 bits per heavy atom. The summed E-state index contributed by atoms with van der Waals surface area (Å²) < 4.78 is 5.61. The van der Waals surface area contributed by atoms with Crippen LogP contribution in [0.25, 0.3) is 0 Å². The fourth-order valence-corrected chi connectivity index (χ4v) is 1.74. The van der Waals surface area contributed by atoms with Crippen LogP contribution in [0.4, 0.5) is 11.5 Å². The van der Waals surface area contributed by atoms with Gasteiger partial charge in [-0.3, -0.25) is 0 Å². The summed E-state index contributed by atoms with van der Waals surface area (Å²) in [4.78, 5) is 8.41. The molecular formula is C15H20N4O. The number of hydrogen-bond donors (Lipinski definition) is 2. The molecule has 106 valence electrons. The number of nitrogens with zero attached hydrogens (tertiary/aromatic N) is 2.